The predicted molar refractivity (Wildman–Crippen MR) is 60.7 cm³/mol. The number of aromatic nitrogens is 2. The number of rotatable bonds is 4. The lowest BCUT2D eigenvalue weighted by molar-refractivity contribution is -0.121. The molecule has 0 radical (unpaired) electrons. The van der Waals surface area contributed by atoms with Crippen molar-refractivity contribution in [3.05, 3.63) is 32.6 Å². The molecule has 5 nitrogen and oxygen atoms in total. The molecule has 0 spiro atoms. The second-order valence-electron chi connectivity index (χ2n) is 3.67. The predicted octanol–water partition coefficient (Wildman–Crippen LogP) is 0.639. The summed E-state index contributed by atoms with van der Waals surface area (Å²) >= 11 is 0. The minimum Gasteiger partial charge on any atom is -0.297 e. The van der Waals surface area contributed by atoms with Crippen LogP contribution in [0, 0.1) is 0 Å². The molecule has 0 fully saturated rings. The van der Waals surface area contributed by atoms with E-state index in [1.807, 2.05) is 6.92 Å². The Labute approximate surface area is 93.1 Å². The molecule has 88 valence electrons. The van der Waals surface area contributed by atoms with Crippen LogP contribution >= 0.6 is 0 Å². The van der Waals surface area contributed by atoms with Gasteiger partial charge >= 0.3 is 5.69 Å². The quantitative estimate of drug-likeness (QED) is 0.815. The van der Waals surface area contributed by atoms with E-state index in [0.717, 1.165) is 0 Å². The first-order valence-electron chi connectivity index (χ1n) is 5.38. The van der Waals surface area contributed by atoms with E-state index in [0.29, 0.717) is 18.4 Å². The normalized spacial score (nSPS) is 12.4. The summed E-state index contributed by atoms with van der Waals surface area (Å²) in [6.07, 6.45) is 2.37. The lowest BCUT2D eigenvalue weighted by Crippen LogP contribution is -2.35. The van der Waals surface area contributed by atoms with Crippen molar-refractivity contribution in [3.8, 4) is 0 Å². The van der Waals surface area contributed by atoms with Crippen molar-refractivity contribution in [2.75, 3.05) is 0 Å². The van der Waals surface area contributed by atoms with Crippen LogP contribution in [0.1, 0.15) is 38.8 Å². The third-order valence-electron chi connectivity index (χ3n) is 2.65. The minimum atomic E-state index is -0.531. The molecule has 1 aromatic heterocycles. The van der Waals surface area contributed by atoms with Crippen LogP contribution < -0.4 is 11.2 Å². The Kier molecular flexibility index (Phi) is 3.82. The van der Waals surface area contributed by atoms with Crippen LogP contribution in [0.3, 0.4) is 0 Å². The first-order valence-corrected chi connectivity index (χ1v) is 5.38. The molecule has 0 aliphatic heterocycles. The third-order valence-corrected chi connectivity index (χ3v) is 2.65. The van der Waals surface area contributed by atoms with E-state index in [2.05, 4.69) is 4.98 Å². The molecular weight excluding hydrogens is 208 g/mol. The molecule has 0 bridgehead atoms. The number of aryl methyl sites for hydroxylation is 1. The molecule has 0 aromatic carbocycles. The van der Waals surface area contributed by atoms with Gasteiger partial charge in [0.1, 0.15) is 0 Å². The number of nitrogens with zero attached hydrogens (tertiary/aromatic N) is 1. The Balaban J connectivity index is 3.29. The van der Waals surface area contributed by atoms with E-state index in [1.54, 1.807) is 13.8 Å². The highest BCUT2D eigenvalue weighted by Gasteiger charge is 2.15. The van der Waals surface area contributed by atoms with Gasteiger partial charge in [-0.25, -0.2) is 4.79 Å². The van der Waals surface area contributed by atoms with Crippen LogP contribution in [0.2, 0.25) is 0 Å². The lowest BCUT2D eigenvalue weighted by atomic mass is 10.1. The van der Waals surface area contributed by atoms with Crippen LogP contribution in [0.5, 0.6) is 0 Å². The molecule has 1 heterocycles. The van der Waals surface area contributed by atoms with E-state index in [4.69, 9.17) is 0 Å². The summed E-state index contributed by atoms with van der Waals surface area (Å²) < 4.78 is 1.28. The van der Waals surface area contributed by atoms with Gasteiger partial charge in [0, 0.05) is 18.2 Å². The summed E-state index contributed by atoms with van der Waals surface area (Å²) in [5, 5.41) is 0. The summed E-state index contributed by atoms with van der Waals surface area (Å²) in [7, 11) is 0. The monoisotopic (exact) mass is 224 g/mol. The van der Waals surface area contributed by atoms with Gasteiger partial charge in [-0.05, 0) is 13.3 Å². The second kappa shape index (κ2) is 4.92. The van der Waals surface area contributed by atoms with Crippen molar-refractivity contribution >= 4 is 5.78 Å². The van der Waals surface area contributed by atoms with Gasteiger partial charge in [-0.2, -0.15) is 0 Å². The number of H-pyrrole nitrogens is 1. The number of hydrogen-bond acceptors (Lipinski definition) is 3. The Morgan fingerprint density at radius 1 is 1.44 bits per heavy atom. The summed E-state index contributed by atoms with van der Waals surface area (Å²) in [4.78, 5) is 36.6. The topological polar surface area (TPSA) is 71.9 Å². The summed E-state index contributed by atoms with van der Waals surface area (Å²) in [5.41, 5.74) is -0.397. The number of carbonyl (C=O) groups is 1. The van der Waals surface area contributed by atoms with E-state index in [-0.39, 0.29) is 11.3 Å². The van der Waals surface area contributed by atoms with Gasteiger partial charge in [0.05, 0.1) is 6.04 Å². The van der Waals surface area contributed by atoms with E-state index >= 15 is 0 Å². The van der Waals surface area contributed by atoms with Crippen molar-refractivity contribution in [3.63, 3.8) is 0 Å². The van der Waals surface area contributed by atoms with Crippen molar-refractivity contribution in [1.29, 1.82) is 0 Å². The molecule has 0 saturated carbocycles. The number of nitrogens with one attached hydrogen (secondary N) is 1. The fourth-order valence-electron chi connectivity index (χ4n) is 1.52. The molecule has 0 saturated heterocycles. The minimum absolute atomic E-state index is 0.0313. The molecule has 0 amide bonds. The molecule has 0 aliphatic carbocycles. The third kappa shape index (κ3) is 2.29. The fraction of sp³-hybridized carbons (Fsp3) is 0.545. The standard InChI is InChI=1S/C11H16N2O3/c1-4-8-6-13(7(3)9(14)5-2)11(16)12-10(8)15/h6-7H,4-5H2,1-3H3,(H,12,15,16). The highest BCUT2D eigenvalue weighted by Crippen LogP contribution is 2.05. The van der Waals surface area contributed by atoms with Gasteiger partial charge in [-0.1, -0.05) is 13.8 Å². The van der Waals surface area contributed by atoms with E-state index < -0.39 is 11.7 Å². The molecule has 1 rings (SSSR count). The molecule has 1 atom stereocenters. The first kappa shape index (κ1) is 12.4. The zero-order chi connectivity index (χ0) is 12.3. The van der Waals surface area contributed by atoms with Gasteiger partial charge in [0.15, 0.2) is 5.78 Å². The van der Waals surface area contributed by atoms with E-state index in [1.165, 1.54) is 10.8 Å². The number of carbonyl (C=O) groups excluding carboxylic acids is 1. The van der Waals surface area contributed by atoms with Crippen LogP contribution in [0.15, 0.2) is 15.8 Å². The van der Waals surface area contributed by atoms with Crippen LogP contribution in [0.4, 0.5) is 0 Å². The van der Waals surface area contributed by atoms with Crippen molar-refractivity contribution in [2.45, 2.75) is 39.7 Å². The Hall–Kier alpha value is -1.65. The van der Waals surface area contributed by atoms with E-state index in [9.17, 15) is 14.4 Å². The molecule has 0 aliphatic rings. The van der Waals surface area contributed by atoms with Crippen LogP contribution in [0.25, 0.3) is 0 Å². The van der Waals surface area contributed by atoms with Crippen molar-refractivity contribution in [2.24, 2.45) is 0 Å². The van der Waals surface area contributed by atoms with Gasteiger partial charge < -0.3 is 0 Å². The molecule has 5 heteroatoms. The number of hydrogen-bond donors (Lipinski definition) is 1. The van der Waals surface area contributed by atoms with Gasteiger partial charge in [0.2, 0.25) is 0 Å². The van der Waals surface area contributed by atoms with Crippen molar-refractivity contribution in [1.82, 2.24) is 9.55 Å². The number of ketones is 1. The highest BCUT2D eigenvalue weighted by atomic mass is 16.2. The molecule has 1 N–H and O–H groups in total. The highest BCUT2D eigenvalue weighted by molar-refractivity contribution is 5.81. The SMILES string of the molecule is CCC(=O)C(C)n1cc(CC)c(=O)[nH]c1=O. The average Bonchev–Trinajstić information content (AvgIpc) is 2.27. The molecule has 1 aromatic rings. The summed E-state index contributed by atoms with van der Waals surface area (Å²) in [5.74, 6) is -0.0313. The maximum Gasteiger partial charge on any atom is 0.328 e. The van der Waals surface area contributed by atoms with Gasteiger partial charge in [-0.15, -0.1) is 0 Å². The molecule has 16 heavy (non-hydrogen) atoms. The number of aromatic amines is 1. The fourth-order valence-corrected chi connectivity index (χ4v) is 1.52. The van der Waals surface area contributed by atoms with Crippen LogP contribution in [-0.2, 0) is 11.2 Å². The smallest absolute Gasteiger partial charge is 0.297 e. The maximum atomic E-state index is 11.5. The Morgan fingerprint density at radius 3 is 2.56 bits per heavy atom. The summed E-state index contributed by atoms with van der Waals surface area (Å²) in [6, 6.07) is -0.528. The van der Waals surface area contributed by atoms with Crippen LogP contribution in [-0.4, -0.2) is 15.3 Å². The zero-order valence-electron chi connectivity index (χ0n) is 9.74. The molecular formula is C11H16N2O3. The van der Waals surface area contributed by atoms with Gasteiger partial charge in [0.25, 0.3) is 5.56 Å². The largest absolute Gasteiger partial charge is 0.328 e. The Bertz CT molecular complexity index is 499. The second-order valence-corrected chi connectivity index (χ2v) is 3.67. The molecule has 1 unspecified atom stereocenters. The lowest BCUT2D eigenvalue weighted by Gasteiger charge is -2.13. The Morgan fingerprint density at radius 2 is 2.06 bits per heavy atom. The average molecular weight is 224 g/mol. The zero-order valence-corrected chi connectivity index (χ0v) is 9.74. The maximum absolute atomic E-state index is 11.5. The van der Waals surface area contributed by atoms with Crippen molar-refractivity contribution < 1.29 is 4.79 Å². The first-order chi connectivity index (χ1) is 7.51. The van der Waals surface area contributed by atoms with Gasteiger partial charge in [-0.3, -0.25) is 19.1 Å². The summed E-state index contributed by atoms with van der Waals surface area (Å²) in [6.45, 7) is 5.23. The number of Topliss-reactive ketones (excluding diaryl/α,β-unsaturated/α-hetero) is 1.